The number of carbonyl (C=O) groups is 5. The Labute approximate surface area is 314 Å². The average Bonchev–Trinajstić information content (AvgIpc) is 4.08. The van der Waals surface area contributed by atoms with Gasteiger partial charge in [0.15, 0.2) is 0 Å². The van der Waals surface area contributed by atoms with E-state index in [1.54, 1.807) is 18.2 Å². The topological polar surface area (TPSA) is 205 Å². The number of carbonyl (C=O) groups excluding carboxylic acids is 5. The monoisotopic (exact) mass is 761 g/mol. The van der Waals surface area contributed by atoms with Crippen LogP contribution in [0.4, 0.5) is 4.79 Å². The molecule has 15 nitrogen and oxygen atoms in total. The Bertz CT molecular complexity index is 1930. The van der Waals surface area contributed by atoms with E-state index in [4.69, 9.17) is 4.74 Å². The number of amides is 6. The Morgan fingerprint density at radius 2 is 1.76 bits per heavy atom. The van der Waals surface area contributed by atoms with Crippen LogP contribution in [0.5, 0.6) is 5.75 Å². The number of aromatic nitrogens is 1. The number of rotatable bonds is 3. The van der Waals surface area contributed by atoms with E-state index >= 15 is 0 Å². The van der Waals surface area contributed by atoms with Crippen molar-refractivity contribution in [2.75, 3.05) is 19.7 Å². The maximum atomic E-state index is 14.4. The molecule has 1 saturated heterocycles. The van der Waals surface area contributed by atoms with Crippen LogP contribution in [0.15, 0.2) is 54.6 Å². The fraction of sp³-hybridized carbons (Fsp3) is 0.526. The van der Waals surface area contributed by atoms with E-state index in [0.717, 1.165) is 18.4 Å². The maximum Gasteiger partial charge on any atom is 0.315 e. The second-order valence-corrected chi connectivity index (χ2v) is 16.8. The van der Waals surface area contributed by atoms with E-state index in [-0.39, 0.29) is 25.1 Å². The van der Waals surface area contributed by atoms with Gasteiger partial charge in [-0.2, -0.15) is 0 Å². The lowest BCUT2D eigenvalue weighted by molar-refractivity contribution is -0.141. The highest BCUT2D eigenvalue weighted by Gasteiger charge is 2.62. The summed E-state index contributed by atoms with van der Waals surface area (Å²) >= 11 is 0. The zero-order valence-electron chi connectivity index (χ0n) is 30.1. The van der Waals surface area contributed by atoms with E-state index in [9.17, 15) is 32.4 Å². The summed E-state index contributed by atoms with van der Waals surface area (Å²) in [6, 6.07) is 9.20. The van der Waals surface area contributed by atoms with Crippen molar-refractivity contribution in [3.8, 4) is 17.0 Å². The molecule has 7 bridgehead atoms. The van der Waals surface area contributed by atoms with Crippen molar-refractivity contribution in [1.82, 2.24) is 35.9 Å². The number of nitrogens with zero attached hydrogens (tertiary/aromatic N) is 2. The van der Waals surface area contributed by atoms with Crippen LogP contribution in [-0.4, -0.2) is 96.6 Å². The number of nitrogens with one attached hydrogen (secondary N) is 5. The molecule has 0 radical (unpaired) electrons. The summed E-state index contributed by atoms with van der Waals surface area (Å²) in [6.45, 7) is 0.725. The van der Waals surface area contributed by atoms with Crippen LogP contribution in [0.25, 0.3) is 11.3 Å². The minimum absolute atomic E-state index is 0.0138. The molecule has 16 heteroatoms. The van der Waals surface area contributed by atoms with Crippen molar-refractivity contribution >= 4 is 39.7 Å². The summed E-state index contributed by atoms with van der Waals surface area (Å²) in [4.78, 5) is 75.1. The molecule has 3 fully saturated rings. The molecule has 2 aromatic rings. The summed E-state index contributed by atoms with van der Waals surface area (Å²) in [7, 11) is -3.90. The highest BCUT2D eigenvalue weighted by atomic mass is 32.2. The normalized spacial score (nSPS) is 28.9. The van der Waals surface area contributed by atoms with E-state index < -0.39 is 74.5 Å². The van der Waals surface area contributed by atoms with Crippen molar-refractivity contribution in [1.29, 1.82) is 0 Å². The van der Waals surface area contributed by atoms with Crippen LogP contribution in [0.3, 0.4) is 0 Å². The first-order chi connectivity index (χ1) is 26.0. The molecule has 5 N–H and O–H groups in total. The van der Waals surface area contributed by atoms with Gasteiger partial charge in [0.2, 0.25) is 21.8 Å². The van der Waals surface area contributed by atoms with Crippen LogP contribution < -0.4 is 30.7 Å². The molecule has 5 aliphatic rings. The van der Waals surface area contributed by atoms with E-state index in [1.807, 2.05) is 36.4 Å². The number of ether oxygens (including phenoxy) is 1. The second-order valence-electron chi connectivity index (χ2n) is 14.9. The minimum Gasteiger partial charge on any atom is -0.494 e. The zero-order chi connectivity index (χ0) is 37.9. The van der Waals surface area contributed by atoms with Crippen LogP contribution in [0, 0.1) is 5.92 Å². The summed E-state index contributed by atoms with van der Waals surface area (Å²) < 4.78 is 33.7. The van der Waals surface area contributed by atoms with Crippen molar-refractivity contribution in [2.24, 2.45) is 5.92 Å². The second kappa shape index (κ2) is 15.8. The third-order valence-corrected chi connectivity index (χ3v) is 12.6. The number of urea groups is 1. The molecule has 2 aliphatic carbocycles. The highest BCUT2D eigenvalue weighted by Crippen LogP contribution is 2.46. The predicted molar refractivity (Wildman–Crippen MR) is 197 cm³/mol. The smallest absolute Gasteiger partial charge is 0.315 e. The first-order valence-electron chi connectivity index (χ1n) is 18.9. The summed E-state index contributed by atoms with van der Waals surface area (Å²) in [5.74, 6) is -2.24. The van der Waals surface area contributed by atoms with Gasteiger partial charge < -0.3 is 30.9 Å². The molecule has 6 amide bonds. The van der Waals surface area contributed by atoms with Gasteiger partial charge in [-0.25, -0.2) is 18.2 Å². The van der Waals surface area contributed by atoms with Crippen LogP contribution in [-0.2, 0) is 24.4 Å². The van der Waals surface area contributed by atoms with Gasteiger partial charge >= 0.3 is 6.03 Å². The molecule has 2 saturated carbocycles. The lowest BCUT2D eigenvalue weighted by atomic mass is 10.0. The fourth-order valence-electron chi connectivity index (χ4n) is 7.46. The first kappa shape index (κ1) is 37.3. The summed E-state index contributed by atoms with van der Waals surface area (Å²) in [5.41, 5.74) is -0.0630. The van der Waals surface area contributed by atoms with Crippen molar-refractivity contribution in [2.45, 2.75) is 99.5 Å². The van der Waals surface area contributed by atoms with E-state index in [2.05, 4.69) is 31.0 Å². The summed E-state index contributed by atoms with van der Waals surface area (Å²) in [5, 5.41) is 10.8. The number of hydrogen-bond donors (Lipinski definition) is 5. The Balaban J connectivity index is 1.19. The lowest BCUT2D eigenvalue weighted by Crippen LogP contribution is -2.58. The number of fused-ring (bicyclic) bond motifs is 8. The van der Waals surface area contributed by atoms with Crippen LogP contribution in [0.1, 0.15) is 81.1 Å². The first-order valence-corrected chi connectivity index (χ1v) is 20.5. The van der Waals surface area contributed by atoms with Gasteiger partial charge in [0.05, 0.1) is 17.6 Å². The molecular weight excluding hydrogens is 715 g/mol. The molecule has 7 rings (SSSR count). The Hall–Kier alpha value is -4.99. The Morgan fingerprint density at radius 3 is 2.59 bits per heavy atom. The average molecular weight is 762 g/mol. The van der Waals surface area contributed by atoms with Crippen molar-refractivity contribution < 1.29 is 37.1 Å². The number of allylic oxidation sites excluding steroid dienone is 1. The van der Waals surface area contributed by atoms with Gasteiger partial charge in [0.25, 0.3) is 11.8 Å². The van der Waals surface area contributed by atoms with E-state index in [0.29, 0.717) is 69.5 Å². The third-order valence-electron chi connectivity index (χ3n) is 10.8. The minimum atomic E-state index is -3.90. The standard InChI is InChI=1S/C38H47N7O8S/c46-33-30-15-9-14-29(41-30)24-10-8-12-27(20-24)53-19-7-6-18-39-37(50)42-31-13-5-3-1-2-4-11-25-22-38(25,36(49)44-54(51,52)28-16-17-28)43-34(47)32-21-26(40-33)23-45(32)35(31)48/h4,8-12,14-15,20,25-26,28,31-32H,1-3,5-7,13,16-19,21-23H2,(H,40,46)(H,43,47)(H,44,49)(H2,39,42,50)/b11-4-/t25-,26-,31+,32+,38?/m1/s1. The lowest BCUT2D eigenvalue weighted by Gasteiger charge is -2.30. The predicted octanol–water partition coefficient (Wildman–Crippen LogP) is 2.29. The van der Waals surface area contributed by atoms with E-state index in [1.165, 1.54) is 4.90 Å². The molecule has 3 aliphatic heterocycles. The van der Waals surface area contributed by atoms with Crippen LogP contribution in [0.2, 0.25) is 0 Å². The molecular formula is C38H47N7O8S. The number of sulfonamides is 1. The molecule has 1 aromatic carbocycles. The number of pyridine rings is 1. The largest absolute Gasteiger partial charge is 0.494 e. The third kappa shape index (κ3) is 8.53. The van der Waals surface area contributed by atoms with Gasteiger partial charge in [-0.05, 0) is 82.1 Å². The number of hydrogen-bond acceptors (Lipinski definition) is 9. The van der Waals surface area contributed by atoms with Gasteiger partial charge in [-0.1, -0.05) is 43.2 Å². The highest BCUT2D eigenvalue weighted by molar-refractivity contribution is 7.91. The van der Waals surface area contributed by atoms with Crippen LogP contribution >= 0.6 is 0 Å². The molecule has 4 heterocycles. The SMILES string of the molecule is O=C1NCCCCOc2cccc(c2)-c2cccc(n2)C(=O)N[C@@H]2C[C@H]3C(=O)NC4(C(=O)NS(=O)(=O)C5CC5)C[C@H]4/C=C\CCCCC[C@H](N1)C(=O)N3C2. The van der Waals surface area contributed by atoms with Crippen molar-refractivity contribution in [3.63, 3.8) is 0 Å². The molecule has 5 atom stereocenters. The Morgan fingerprint density at radius 1 is 0.944 bits per heavy atom. The van der Waals surface area contributed by atoms with Crippen molar-refractivity contribution in [3.05, 3.63) is 60.3 Å². The Kier molecular flexibility index (Phi) is 10.9. The molecule has 54 heavy (non-hydrogen) atoms. The van der Waals surface area contributed by atoms with Gasteiger partial charge in [-0.3, -0.25) is 23.9 Å². The molecule has 1 unspecified atom stereocenters. The van der Waals surface area contributed by atoms with Gasteiger partial charge in [0, 0.05) is 30.6 Å². The quantitative estimate of drug-likeness (QED) is 0.291. The molecule has 0 spiro atoms. The van der Waals surface area contributed by atoms with Gasteiger partial charge in [-0.15, -0.1) is 0 Å². The zero-order valence-corrected chi connectivity index (χ0v) is 30.9. The van der Waals surface area contributed by atoms with Gasteiger partial charge in [0.1, 0.15) is 29.1 Å². The summed E-state index contributed by atoms with van der Waals surface area (Å²) in [6.07, 6.45) is 9.43. The molecule has 288 valence electrons. The maximum absolute atomic E-state index is 14.4. The fourth-order valence-corrected chi connectivity index (χ4v) is 8.82. The number of benzene rings is 1. The molecule has 1 aromatic heterocycles.